The summed E-state index contributed by atoms with van der Waals surface area (Å²) in [5.41, 5.74) is 4.44. The van der Waals surface area contributed by atoms with Crippen molar-refractivity contribution in [3.63, 3.8) is 0 Å². The van der Waals surface area contributed by atoms with Gasteiger partial charge in [0.25, 0.3) is 5.91 Å². The van der Waals surface area contributed by atoms with Crippen molar-refractivity contribution >= 4 is 23.3 Å². The molecule has 2 heterocycles. The molecule has 2 N–H and O–H groups in total. The van der Waals surface area contributed by atoms with Gasteiger partial charge in [-0.3, -0.25) is 9.59 Å². The maximum absolute atomic E-state index is 13.0. The van der Waals surface area contributed by atoms with Crippen molar-refractivity contribution < 1.29 is 9.59 Å². The van der Waals surface area contributed by atoms with Gasteiger partial charge in [-0.25, -0.2) is 9.67 Å². The van der Waals surface area contributed by atoms with Crippen LogP contribution in [-0.4, -0.2) is 26.6 Å². The Morgan fingerprint density at radius 2 is 1.85 bits per heavy atom. The molecule has 0 radical (unpaired) electrons. The van der Waals surface area contributed by atoms with E-state index in [1.54, 1.807) is 47.5 Å². The number of benzene rings is 2. The molecule has 2 aromatic carbocycles. The molecule has 1 aliphatic carbocycles. The Bertz CT molecular complexity index is 1720. The van der Waals surface area contributed by atoms with E-state index in [9.17, 15) is 20.1 Å². The lowest BCUT2D eigenvalue weighted by Gasteiger charge is -2.16. The second kappa shape index (κ2) is 10.5. The number of hydrogen-bond acceptors (Lipinski definition) is 6. The van der Waals surface area contributed by atoms with Crippen LogP contribution >= 0.6 is 0 Å². The molecule has 0 aliphatic heterocycles. The highest BCUT2D eigenvalue weighted by atomic mass is 16.2. The lowest BCUT2D eigenvalue weighted by Crippen LogP contribution is -2.17. The van der Waals surface area contributed by atoms with E-state index in [1.807, 2.05) is 45.0 Å². The van der Waals surface area contributed by atoms with Crippen LogP contribution in [0.25, 0.3) is 16.8 Å². The van der Waals surface area contributed by atoms with E-state index in [1.165, 1.54) is 0 Å². The molecule has 1 saturated carbocycles. The lowest BCUT2D eigenvalue weighted by molar-refractivity contribution is -0.117. The molecule has 9 nitrogen and oxygen atoms in total. The van der Waals surface area contributed by atoms with E-state index in [0.29, 0.717) is 33.8 Å². The minimum absolute atomic E-state index is 0.0369. The second-order valence-electron chi connectivity index (χ2n) is 10.4. The molecule has 0 bridgehead atoms. The molecule has 198 valence electrons. The summed E-state index contributed by atoms with van der Waals surface area (Å²) in [6.45, 7) is 5.56. The third-order valence-electron chi connectivity index (χ3n) is 6.96. The Balaban J connectivity index is 1.37. The summed E-state index contributed by atoms with van der Waals surface area (Å²) < 4.78 is 1.68. The first-order chi connectivity index (χ1) is 19.2. The molecule has 40 heavy (non-hydrogen) atoms. The molecular weight excluding hydrogens is 502 g/mol. The predicted molar refractivity (Wildman–Crippen MR) is 151 cm³/mol. The van der Waals surface area contributed by atoms with Crippen LogP contribution < -0.4 is 10.6 Å². The van der Waals surface area contributed by atoms with Crippen molar-refractivity contribution in [2.24, 2.45) is 5.92 Å². The molecule has 1 aliphatic rings. The van der Waals surface area contributed by atoms with Gasteiger partial charge in [-0.05, 0) is 75.1 Å². The first kappa shape index (κ1) is 26.3. The third-order valence-corrected chi connectivity index (χ3v) is 6.96. The molecule has 9 heteroatoms. The van der Waals surface area contributed by atoms with Gasteiger partial charge in [-0.1, -0.05) is 18.2 Å². The van der Waals surface area contributed by atoms with Crippen LogP contribution in [0.4, 0.5) is 11.5 Å². The van der Waals surface area contributed by atoms with Gasteiger partial charge in [0.1, 0.15) is 5.82 Å². The molecule has 0 atom stereocenters. The zero-order valence-electron chi connectivity index (χ0n) is 22.4. The zero-order valence-corrected chi connectivity index (χ0v) is 22.4. The minimum atomic E-state index is -0.711. The normalized spacial score (nSPS) is 12.7. The van der Waals surface area contributed by atoms with Crippen LogP contribution in [-0.2, 0) is 10.2 Å². The van der Waals surface area contributed by atoms with E-state index in [2.05, 4.69) is 32.9 Å². The summed E-state index contributed by atoms with van der Waals surface area (Å²) >= 11 is 0. The van der Waals surface area contributed by atoms with Gasteiger partial charge in [-0.15, -0.1) is 0 Å². The highest BCUT2D eigenvalue weighted by molar-refractivity contribution is 6.04. The highest BCUT2D eigenvalue weighted by Gasteiger charge is 2.30. The maximum atomic E-state index is 13.0. The maximum Gasteiger partial charge on any atom is 0.255 e. The SMILES string of the molecule is Cc1ccc(NC(=O)c2cccc(C(C)(C)C#N)c2)cc1-n1cc(-c2cnc(NC(=O)C3CC3)cc2C#N)cn1. The smallest absolute Gasteiger partial charge is 0.255 e. The van der Waals surface area contributed by atoms with Crippen LogP contribution in [0.2, 0.25) is 0 Å². The van der Waals surface area contributed by atoms with Gasteiger partial charge in [-0.2, -0.15) is 15.6 Å². The van der Waals surface area contributed by atoms with E-state index < -0.39 is 5.41 Å². The zero-order chi connectivity index (χ0) is 28.4. The summed E-state index contributed by atoms with van der Waals surface area (Å²) in [5.74, 6) is 0.0313. The van der Waals surface area contributed by atoms with Crippen molar-refractivity contribution in [3.8, 4) is 29.0 Å². The van der Waals surface area contributed by atoms with Crippen molar-refractivity contribution in [1.82, 2.24) is 14.8 Å². The van der Waals surface area contributed by atoms with E-state index >= 15 is 0 Å². The van der Waals surface area contributed by atoms with Crippen LogP contribution in [0.1, 0.15) is 53.7 Å². The molecule has 0 spiro atoms. The Morgan fingerprint density at radius 1 is 1.05 bits per heavy atom. The van der Waals surface area contributed by atoms with Crippen LogP contribution in [0.15, 0.2) is 67.1 Å². The van der Waals surface area contributed by atoms with Crippen molar-refractivity contribution in [2.45, 2.75) is 39.0 Å². The predicted octanol–water partition coefficient (Wildman–Crippen LogP) is 5.52. The first-order valence-corrected chi connectivity index (χ1v) is 12.9. The topological polar surface area (TPSA) is 136 Å². The summed E-state index contributed by atoms with van der Waals surface area (Å²) in [6, 6.07) is 18.6. The van der Waals surface area contributed by atoms with Gasteiger partial charge in [0.15, 0.2) is 0 Å². The molecule has 2 aromatic heterocycles. The van der Waals surface area contributed by atoms with Crippen LogP contribution in [0, 0.1) is 35.5 Å². The van der Waals surface area contributed by atoms with Crippen LogP contribution in [0.5, 0.6) is 0 Å². The molecule has 2 amide bonds. The van der Waals surface area contributed by atoms with Gasteiger partial charge in [0, 0.05) is 40.7 Å². The number of pyridine rings is 1. The number of rotatable bonds is 7. The number of hydrogen-bond donors (Lipinski definition) is 2. The number of aromatic nitrogens is 3. The van der Waals surface area contributed by atoms with E-state index in [4.69, 9.17) is 0 Å². The van der Waals surface area contributed by atoms with Gasteiger partial charge in [0.2, 0.25) is 5.91 Å². The number of nitrogens with zero attached hydrogens (tertiary/aromatic N) is 5. The number of carbonyl (C=O) groups excluding carboxylic acids is 2. The van der Waals surface area contributed by atoms with Crippen molar-refractivity contribution in [2.75, 3.05) is 10.6 Å². The van der Waals surface area contributed by atoms with E-state index in [-0.39, 0.29) is 17.7 Å². The Morgan fingerprint density at radius 3 is 2.58 bits per heavy atom. The molecule has 0 unspecified atom stereocenters. The standard InChI is InChI=1S/C31H27N7O2/c1-19-7-10-25(36-30(40)21-5-4-6-24(11-21)31(2,3)18-33)13-27(19)38-17-23(15-35-38)26-16-34-28(12-22(26)14-32)37-29(39)20-8-9-20/h4-7,10-13,15-17,20H,8-9H2,1-3H3,(H,36,40)(H,34,37,39). The molecule has 0 saturated heterocycles. The summed E-state index contributed by atoms with van der Waals surface area (Å²) in [7, 11) is 0. The number of nitriles is 2. The quantitative estimate of drug-likeness (QED) is 0.324. The fourth-order valence-electron chi connectivity index (χ4n) is 4.26. The molecule has 1 fully saturated rings. The average Bonchev–Trinajstić information content (AvgIpc) is 3.71. The van der Waals surface area contributed by atoms with Crippen molar-refractivity contribution in [3.05, 3.63) is 89.4 Å². The largest absolute Gasteiger partial charge is 0.322 e. The number of carbonyl (C=O) groups is 2. The number of amides is 2. The summed E-state index contributed by atoms with van der Waals surface area (Å²) in [5, 5.41) is 29.4. The van der Waals surface area contributed by atoms with Crippen molar-refractivity contribution in [1.29, 1.82) is 10.5 Å². The molecule has 4 aromatic rings. The number of nitrogens with one attached hydrogen (secondary N) is 2. The molecular formula is C31H27N7O2. The monoisotopic (exact) mass is 529 g/mol. The van der Waals surface area contributed by atoms with Gasteiger partial charge in [0.05, 0.1) is 35.0 Å². The van der Waals surface area contributed by atoms with E-state index in [0.717, 1.165) is 29.7 Å². The summed E-state index contributed by atoms with van der Waals surface area (Å²) in [4.78, 5) is 29.4. The molecule has 5 rings (SSSR count). The Labute approximate surface area is 232 Å². The minimum Gasteiger partial charge on any atom is -0.322 e. The second-order valence-corrected chi connectivity index (χ2v) is 10.4. The van der Waals surface area contributed by atoms with Crippen LogP contribution in [0.3, 0.4) is 0 Å². The Hall–Kier alpha value is -5.28. The third kappa shape index (κ3) is 5.45. The highest BCUT2D eigenvalue weighted by Crippen LogP contribution is 2.31. The first-order valence-electron chi connectivity index (χ1n) is 12.9. The van der Waals surface area contributed by atoms with Gasteiger partial charge >= 0.3 is 0 Å². The average molecular weight is 530 g/mol. The lowest BCUT2D eigenvalue weighted by atomic mass is 9.85. The summed E-state index contributed by atoms with van der Waals surface area (Å²) in [6.07, 6.45) is 6.77. The van der Waals surface area contributed by atoms with Gasteiger partial charge < -0.3 is 10.6 Å². The fraction of sp³-hybridized carbons (Fsp3) is 0.226. The fourth-order valence-corrected chi connectivity index (χ4v) is 4.26. The number of anilines is 2. The number of aryl methyl sites for hydroxylation is 1. The Kier molecular flexibility index (Phi) is 6.89.